The van der Waals surface area contributed by atoms with Crippen molar-refractivity contribution in [2.75, 3.05) is 78.9 Å². The third-order valence-corrected chi connectivity index (χ3v) is 37.7. The highest BCUT2D eigenvalue weighted by atomic mass is 79.9. The summed E-state index contributed by atoms with van der Waals surface area (Å²) in [5.41, 5.74) is 24.5. The van der Waals surface area contributed by atoms with E-state index in [0.29, 0.717) is 26.9 Å². The van der Waals surface area contributed by atoms with Gasteiger partial charge in [-0.05, 0) is 384 Å². The van der Waals surface area contributed by atoms with Crippen LogP contribution in [-0.4, -0.2) is 120 Å². The average molecular weight is 2330 g/mol. The second-order valence-electron chi connectivity index (χ2n) is 34.0. The maximum atomic E-state index is 13.7. The zero-order chi connectivity index (χ0) is 105. The molecule has 0 radical (unpaired) electrons. The molecule has 144 heavy (non-hydrogen) atoms. The Labute approximate surface area is 926 Å². The molecule has 28 heteroatoms. The highest BCUT2D eigenvalue weighted by molar-refractivity contribution is 9.08. The van der Waals surface area contributed by atoms with Gasteiger partial charge < -0.3 is 14.2 Å². The summed E-state index contributed by atoms with van der Waals surface area (Å²) in [7, 11) is -5.95. The summed E-state index contributed by atoms with van der Waals surface area (Å²) >= 11 is 38.8. The number of unbranched alkanes of at least 4 members (excludes halogenated alkanes) is 5. The van der Waals surface area contributed by atoms with E-state index in [-0.39, 0.29) is 34.7 Å². The minimum atomic E-state index is -3.71. The standard InChI is InChI=1S/C44H50O5S5.C36H42O3S5.C28H24Br2O3S.C4H5ClO.C4H10S2/c1-31(2)43(45)52-25-9-7-23-50-29-38-27-36(12-11-33(38)5)34-13-18-40(19-14-34)54(47,48)41-20-15-35(16-21-41)37-17-22-42(49-6)39(28-37)30-51-24-8-10-26-53-44(46)32(3)4;1-27-7-8-30(23-32(27)25-42-21-5-3-19-40)28-9-14-34(15-10-28)44(37,38)35-16-11-29(12-17-35)31-13-18-36(39-2)33(24-31)26-43-22-6-4-20-41;1-19-3-4-22(15-24(19)17-29)20-5-10-26(11-6-20)34(31,32)27-12-7-21(8-13-27)23-9-14-28(33-2)25(16-23)18-30;1-3(2)4(5)6;5-3-1-2-4-6/h11-22,27-28H,1,3,7-10,23-26,29-30H2,2,4-6H3;7-18,23-24,40-41H,3-6,19-22,25-26H2,1-2H3;3-16H,17-18H2,1-2H3;1H2,2H3;5-6H,1-4H2. The van der Waals surface area contributed by atoms with Crippen molar-refractivity contribution < 1.29 is 53.8 Å². The van der Waals surface area contributed by atoms with Crippen molar-refractivity contribution >= 4 is 210 Å². The Bertz CT molecular complexity index is 6530. The Hall–Kier alpha value is -7.13. The van der Waals surface area contributed by atoms with Gasteiger partial charge >= 0.3 is 0 Å². The van der Waals surface area contributed by atoms with Crippen LogP contribution in [0.3, 0.4) is 0 Å². The molecule has 0 bridgehead atoms. The van der Waals surface area contributed by atoms with Crippen LogP contribution in [-0.2, 0) is 77.6 Å². The van der Waals surface area contributed by atoms with Crippen molar-refractivity contribution in [1.82, 2.24) is 0 Å². The van der Waals surface area contributed by atoms with Crippen LogP contribution in [0.25, 0.3) is 66.8 Å². The molecule has 0 amide bonds. The van der Waals surface area contributed by atoms with Gasteiger partial charge in [0, 0.05) is 67.4 Å². The molecule has 766 valence electrons. The van der Waals surface area contributed by atoms with Crippen molar-refractivity contribution in [2.24, 2.45) is 0 Å². The first-order valence-corrected chi connectivity index (χ1v) is 63.4. The Morgan fingerprint density at radius 1 is 0.285 bits per heavy atom. The molecule has 0 aliphatic rings. The van der Waals surface area contributed by atoms with Gasteiger partial charge in [0.2, 0.25) is 45.0 Å². The van der Waals surface area contributed by atoms with Crippen molar-refractivity contribution in [2.45, 2.75) is 169 Å². The summed E-state index contributed by atoms with van der Waals surface area (Å²) in [5, 5.41) is 1.14. The predicted octanol–water partition coefficient (Wildman–Crippen LogP) is 32.8. The molecular formula is C116H131Br2ClO12S13. The third-order valence-electron chi connectivity index (χ3n) is 23.0. The second kappa shape index (κ2) is 64.4. The number of thiol groups is 4. The van der Waals surface area contributed by atoms with Crippen LogP contribution in [0.15, 0.2) is 321 Å². The Morgan fingerprint density at radius 2 is 0.479 bits per heavy atom. The first-order chi connectivity index (χ1) is 69.2. The van der Waals surface area contributed by atoms with Crippen LogP contribution < -0.4 is 14.2 Å². The minimum Gasteiger partial charge on any atom is -0.496 e. The molecule has 0 aliphatic carbocycles. The quantitative estimate of drug-likeness (QED) is 0.00928. The number of aryl methyl sites for hydroxylation is 3. The van der Waals surface area contributed by atoms with E-state index in [0.717, 1.165) is 232 Å². The monoisotopic (exact) mass is 2320 g/mol. The number of carbonyl (C=O) groups is 3. The van der Waals surface area contributed by atoms with E-state index in [9.17, 15) is 39.6 Å². The minimum absolute atomic E-state index is 0.0663. The number of benzene rings is 12. The fourth-order valence-corrected chi connectivity index (χ4v) is 25.8. The molecule has 0 spiro atoms. The van der Waals surface area contributed by atoms with E-state index in [4.69, 9.17) is 25.8 Å². The third kappa shape index (κ3) is 38.7. The largest absolute Gasteiger partial charge is 0.496 e. The van der Waals surface area contributed by atoms with Crippen LogP contribution >= 0.6 is 165 Å². The van der Waals surface area contributed by atoms with Gasteiger partial charge in [-0.25, -0.2) is 25.3 Å². The van der Waals surface area contributed by atoms with Gasteiger partial charge in [0.25, 0.3) is 0 Å². The molecule has 12 nitrogen and oxygen atoms in total. The number of alkyl halides is 2. The highest BCUT2D eigenvalue weighted by Crippen LogP contribution is 2.39. The van der Waals surface area contributed by atoms with Crippen LogP contribution in [0.4, 0.5) is 0 Å². The molecule has 12 aromatic rings. The van der Waals surface area contributed by atoms with Gasteiger partial charge in [-0.15, -0.1) is 0 Å². The molecule has 0 saturated carbocycles. The molecule has 0 atom stereocenters. The molecular weight excluding hydrogens is 2200 g/mol. The smallest absolute Gasteiger partial charge is 0.247 e. The number of halogens is 3. The summed E-state index contributed by atoms with van der Waals surface area (Å²) < 4.78 is 97.4. The van der Waals surface area contributed by atoms with Gasteiger partial charge in [0.1, 0.15) is 17.2 Å². The second-order valence-corrected chi connectivity index (χ2v) is 49.6. The first-order valence-electron chi connectivity index (χ1n) is 47.2. The molecule has 0 aromatic heterocycles. The lowest BCUT2D eigenvalue weighted by molar-refractivity contribution is -0.109. The van der Waals surface area contributed by atoms with E-state index < -0.39 is 34.8 Å². The normalized spacial score (nSPS) is 11.2. The summed E-state index contributed by atoms with van der Waals surface area (Å²) in [6.45, 7) is 22.1. The van der Waals surface area contributed by atoms with Gasteiger partial charge in [-0.3, -0.25) is 14.4 Å². The predicted molar refractivity (Wildman–Crippen MR) is 643 cm³/mol. The fourth-order valence-electron chi connectivity index (χ4n) is 14.4. The Kier molecular flexibility index (Phi) is 54.6. The first kappa shape index (κ1) is 122. The lowest BCUT2D eigenvalue weighted by Gasteiger charge is -2.12. The van der Waals surface area contributed by atoms with Crippen LogP contribution in [0.5, 0.6) is 17.2 Å². The lowest BCUT2D eigenvalue weighted by Crippen LogP contribution is -2.02. The molecule has 0 fully saturated rings. The number of hydrogen-bond donors (Lipinski definition) is 4. The molecule has 0 unspecified atom stereocenters. The Morgan fingerprint density at radius 3 is 0.715 bits per heavy atom. The summed E-state index contributed by atoms with van der Waals surface area (Å²) in [4.78, 5) is 34.9. The number of allylic oxidation sites excluding steroid dienone is 1. The van der Waals surface area contributed by atoms with E-state index in [2.05, 4.69) is 190 Å². The van der Waals surface area contributed by atoms with Crippen LogP contribution in [0.1, 0.15) is 135 Å². The van der Waals surface area contributed by atoms with Crippen LogP contribution in [0.2, 0.25) is 0 Å². The maximum absolute atomic E-state index is 13.7. The van der Waals surface area contributed by atoms with Crippen molar-refractivity contribution in [1.29, 1.82) is 0 Å². The van der Waals surface area contributed by atoms with Crippen LogP contribution in [0, 0.1) is 20.8 Å². The number of hydrogen-bond acceptors (Lipinski definition) is 22. The topological polar surface area (TPSA) is 181 Å². The van der Waals surface area contributed by atoms with E-state index in [1.165, 1.54) is 76.2 Å². The summed E-state index contributed by atoms with van der Waals surface area (Å²) in [6.07, 6.45) is 11.1. The van der Waals surface area contributed by atoms with Gasteiger partial charge in [0.15, 0.2) is 0 Å². The van der Waals surface area contributed by atoms with E-state index in [1.807, 2.05) is 162 Å². The molecule has 0 N–H and O–H groups in total. The number of carbonyl (C=O) groups excluding carboxylic acids is 3. The number of thioether (sulfide) groups is 6. The fraction of sp³-hybridized carbons (Fsp3) is 0.302. The van der Waals surface area contributed by atoms with E-state index in [1.54, 1.807) is 115 Å². The SMILES string of the molecule is C=C(C)C(=O)Cl.C=C(C)C(=O)SCCCCSCc1cc(-c2ccc(S(=O)(=O)c3ccc(-c4ccc(OC)c(CSCCCCSC(=O)C(=C)C)c4)cc3)cc2)ccc1C.COc1ccc(-c2ccc(S(=O)(=O)c3ccc(-c4ccc(C)c(CBr)c4)cc3)cc2)cc1CBr.COc1ccc(-c2ccc(S(=O)(=O)c3ccc(-c4ccc(C)c(CSCCCCS)c4)cc3)cc2)cc1CSCCCCS.SCCCCS. The molecule has 0 heterocycles. The number of sulfone groups is 3. The zero-order valence-corrected chi connectivity index (χ0v) is 98.1. The maximum Gasteiger partial charge on any atom is 0.247 e. The van der Waals surface area contributed by atoms with Gasteiger partial charge in [-0.1, -0.05) is 221 Å². The zero-order valence-electron chi connectivity index (χ0n) is 83.3. The Balaban J connectivity index is 0.000000254. The molecule has 12 aromatic carbocycles. The summed E-state index contributed by atoms with van der Waals surface area (Å²) in [6, 6.07) is 80.1. The van der Waals surface area contributed by atoms with Gasteiger partial charge in [-0.2, -0.15) is 97.6 Å². The van der Waals surface area contributed by atoms with Crippen molar-refractivity contribution in [3.8, 4) is 84.0 Å². The van der Waals surface area contributed by atoms with Crippen molar-refractivity contribution in [3.63, 3.8) is 0 Å². The number of rotatable bonds is 49. The van der Waals surface area contributed by atoms with Crippen molar-refractivity contribution in [3.05, 3.63) is 341 Å². The van der Waals surface area contributed by atoms with Gasteiger partial charge in [0.05, 0.1) is 50.7 Å². The summed E-state index contributed by atoms with van der Waals surface area (Å²) in [5.74, 6) is 15.8. The molecule has 0 saturated heterocycles. The lowest BCUT2D eigenvalue weighted by atomic mass is 10.0. The number of methoxy groups -OCH3 is 3. The molecule has 0 aliphatic heterocycles. The average Bonchev–Trinajstić information content (AvgIpc) is 0.794. The molecule has 12 rings (SSSR count). The number of ether oxygens (including phenoxy) is 3. The highest BCUT2D eigenvalue weighted by Gasteiger charge is 2.24. The van der Waals surface area contributed by atoms with E-state index >= 15 is 0 Å².